The highest BCUT2D eigenvalue weighted by molar-refractivity contribution is 7.90. The predicted molar refractivity (Wildman–Crippen MR) is 155 cm³/mol. The first-order valence-electron chi connectivity index (χ1n) is 13.6. The molecule has 0 aromatic heterocycles. The molecule has 0 spiro atoms. The molecular weight excluding hydrogens is 514 g/mol. The summed E-state index contributed by atoms with van der Waals surface area (Å²) in [5.74, 6) is 0.175. The zero-order chi connectivity index (χ0) is 29.0. The second-order valence-electron chi connectivity index (χ2n) is 11.0. The van der Waals surface area contributed by atoms with Crippen LogP contribution in [0.5, 0.6) is 5.75 Å². The number of guanidine groups is 1. The highest BCUT2D eigenvalue weighted by Crippen LogP contribution is 2.43. The van der Waals surface area contributed by atoms with Crippen LogP contribution < -0.4 is 9.46 Å². The summed E-state index contributed by atoms with van der Waals surface area (Å²) >= 11 is 0. The van der Waals surface area contributed by atoms with E-state index in [0.29, 0.717) is 24.1 Å². The van der Waals surface area contributed by atoms with Gasteiger partial charge in [-0.05, 0) is 63.3 Å². The number of aliphatic imine (C=N–C) groups is 1. The molecule has 0 fully saturated rings. The lowest BCUT2D eigenvalue weighted by Crippen LogP contribution is -2.47. The number of fused-ring (bicyclic) bond motifs is 1. The molecule has 1 N–H and O–H groups in total. The number of rotatable bonds is 10. The van der Waals surface area contributed by atoms with Crippen molar-refractivity contribution in [3.63, 3.8) is 0 Å². The van der Waals surface area contributed by atoms with Crippen LogP contribution in [0, 0.1) is 26.7 Å². The summed E-state index contributed by atoms with van der Waals surface area (Å²) in [5, 5.41) is 0. The minimum absolute atomic E-state index is 0.219. The van der Waals surface area contributed by atoms with Gasteiger partial charge in [-0.25, -0.2) is 18.1 Å². The van der Waals surface area contributed by atoms with Crippen LogP contribution >= 0.6 is 0 Å². The largest absolute Gasteiger partial charge is 0.487 e. The number of carbonyl (C=O) groups is 1. The van der Waals surface area contributed by atoms with Gasteiger partial charge in [0.1, 0.15) is 11.4 Å². The van der Waals surface area contributed by atoms with Crippen LogP contribution in [0.2, 0.25) is 0 Å². The Morgan fingerprint density at radius 2 is 1.82 bits per heavy atom. The summed E-state index contributed by atoms with van der Waals surface area (Å²) in [4.78, 5) is 19.1. The van der Waals surface area contributed by atoms with E-state index in [1.165, 1.54) is 7.11 Å². The number of hydrogen-bond donors (Lipinski definition) is 1. The Balaban J connectivity index is 2.08. The van der Waals surface area contributed by atoms with Gasteiger partial charge < -0.3 is 14.4 Å². The standard InChI is InChI=1S/C30H43N3O5S/c1-9-10-16-33(19-20(2)28(34)37-8)29(31-18-24-14-12-11-13-15-24)32-39(35,36)27-22(4)21(3)26-25(23(27)5)17-30(6,7)38-26/h11-15,20H,9-10,16-19H2,1-8H3,(H,31,32). The van der Waals surface area contributed by atoms with E-state index >= 15 is 0 Å². The van der Waals surface area contributed by atoms with Crippen LogP contribution in [-0.2, 0) is 32.5 Å². The van der Waals surface area contributed by atoms with Gasteiger partial charge in [-0.2, -0.15) is 0 Å². The van der Waals surface area contributed by atoms with Gasteiger partial charge in [-0.1, -0.05) is 50.6 Å². The molecule has 0 aliphatic carbocycles. The van der Waals surface area contributed by atoms with Gasteiger partial charge in [0, 0.05) is 25.1 Å². The van der Waals surface area contributed by atoms with Crippen molar-refractivity contribution in [1.82, 2.24) is 9.62 Å². The molecule has 2 aromatic carbocycles. The quantitative estimate of drug-likeness (QED) is 0.249. The monoisotopic (exact) mass is 557 g/mol. The van der Waals surface area contributed by atoms with Gasteiger partial charge in [0.2, 0.25) is 5.96 Å². The molecule has 9 heteroatoms. The first-order valence-corrected chi connectivity index (χ1v) is 15.0. The fourth-order valence-electron chi connectivity index (χ4n) is 5.00. The summed E-state index contributed by atoms with van der Waals surface area (Å²) < 4.78 is 42.2. The molecule has 0 bridgehead atoms. The lowest BCUT2D eigenvalue weighted by atomic mass is 9.94. The van der Waals surface area contributed by atoms with Crippen molar-refractivity contribution in [3.05, 3.63) is 58.1 Å². The maximum absolute atomic E-state index is 14.1. The van der Waals surface area contributed by atoms with Crippen molar-refractivity contribution in [2.45, 2.75) is 84.8 Å². The maximum atomic E-state index is 14.1. The van der Waals surface area contributed by atoms with Gasteiger partial charge in [0.05, 0.1) is 24.5 Å². The van der Waals surface area contributed by atoms with Crippen LogP contribution in [0.15, 0.2) is 40.2 Å². The highest BCUT2D eigenvalue weighted by atomic mass is 32.2. The summed E-state index contributed by atoms with van der Waals surface area (Å²) in [6.07, 6.45) is 2.34. The fourth-order valence-corrected chi connectivity index (χ4v) is 6.62. The molecular formula is C30H43N3O5S. The Bertz CT molecular complexity index is 1320. The zero-order valence-electron chi connectivity index (χ0n) is 24.6. The van der Waals surface area contributed by atoms with E-state index in [4.69, 9.17) is 14.5 Å². The molecule has 1 atom stereocenters. The van der Waals surface area contributed by atoms with Crippen molar-refractivity contribution in [2.24, 2.45) is 10.9 Å². The van der Waals surface area contributed by atoms with Gasteiger partial charge in [-0.15, -0.1) is 0 Å². The van der Waals surface area contributed by atoms with Gasteiger partial charge in [0.25, 0.3) is 10.0 Å². The Kier molecular flexibility index (Phi) is 9.69. The third kappa shape index (κ3) is 7.12. The number of nitrogens with zero attached hydrogens (tertiary/aromatic N) is 2. The van der Waals surface area contributed by atoms with Crippen LogP contribution in [0.4, 0.5) is 0 Å². The third-order valence-corrected chi connectivity index (χ3v) is 8.82. The molecule has 1 heterocycles. The van der Waals surface area contributed by atoms with Crippen molar-refractivity contribution in [2.75, 3.05) is 20.2 Å². The molecule has 3 rings (SSSR count). The average Bonchev–Trinajstić information content (AvgIpc) is 3.23. The Morgan fingerprint density at radius 1 is 1.15 bits per heavy atom. The number of benzene rings is 2. The first kappa shape index (κ1) is 30.5. The predicted octanol–water partition coefficient (Wildman–Crippen LogP) is 5.07. The van der Waals surface area contributed by atoms with Gasteiger partial charge in [-0.3, -0.25) is 4.79 Å². The van der Waals surface area contributed by atoms with E-state index < -0.39 is 21.5 Å². The Hall–Kier alpha value is -3.07. The molecule has 1 aliphatic rings. The molecule has 214 valence electrons. The second-order valence-corrected chi connectivity index (χ2v) is 12.6. The first-order chi connectivity index (χ1) is 18.3. The molecule has 2 aromatic rings. The number of sulfonamides is 1. The van der Waals surface area contributed by atoms with Crippen molar-refractivity contribution in [3.8, 4) is 5.75 Å². The van der Waals surface area contributed by atoms with E-state index in [2.05, 4.69) is 11.6 Å². The molecule has 1 aliphatic heterocycles. The molecule has 0 amide bonds. The average molecular weight is 558 g/mol. The van der Waals surface area contributed by atoms with E-state index in [1.807, 2.05) is 69.9 Å². The number of nitrogens with one attached hydrogen (secondary N) is 1. The molecule has 39 heavy (non-hydrogen) atoms. The Labute approximate surface area is 233 Å². The molecule has 1 unspecified atom stereocenters. The smallest absolute Gasteiger partial charge is 0.310 e. The summed E-state index contributed by atoms with van der Waals surface area (Å²) in [5.41, 5.74) is 3.65. The van der Waals surface area contributed by atoms with Crippen molar-refractivity contribution >= 4 is 22.0 Å². The second kappa shape index (κ2) is 12.4. The Morgan fingerprint density at radius 3 is 2.44 bits per heavy atom. The van der Waals surface area contributed by atoms with E-state index in [9.17, 15) is 13.2 Å². The number of hydrogen-bond acceptors (Lipinski definition) is 6. The molecule has 0 saturated carbocycles. The highest BCUT2D eigenvalue weighted by Gasteiger charge is 2.37. The summed E-state index contributed by atoms with van der Waals surface area (Å²) in [7, 11) is -2.68. The number of esters is 1. The van der Waals surface area contributed by atoms with E-state index in [1.54, 1.807) is 6.92 Å². The lowest BCUT2D eigenvalue weighted by molar-refractivity contribution is -0.145. The van der Waals surface area contributed by atoms with Crippen LogP contribution in [0.1, 0.15) is 68.4 Å². The summed E-state index contributed by atoms with van der Waals surface area (Å²) in [6.45, 7) is 14.5. The van der Waals surface area contributed by atoms with Crippen molar-refractivity contribution < 1.29 is 22.7 Å². The lowest BCUT2D eigenvalue weighted by Gasteiger charge is -2.29. The van der Waals surface area contributed by atoms with E-state index in [-0.39, 0.29) is 29.9 Å². The number of methoxy groups -OCH3 is 1. The normalized spacial score (nSPS) is 15.3. The fraction of sp³-hybridized carbons (Fsp3) is 0.533. The topological polar surface area (TPSA) is 97.3 Å². The van der Waals surface area contributed by atoms with Crippen LogP contribution in [0.3, 0.4) is 0 Å². The molecule has 8 nitrogen and oxygen atoms in total. The number of carbonyl (C=O) groups excluding carboxylic acids is 1. The zero-order valence-corrected chi connectivity index (χ0v) is 25.4. The number of ether oxygens (including phenoxy) is 2. The molecule has 0 radical (unpaired) electrons. The number of unbranched alkanes of at least 4 members (excludes halogenated alkanes) is 1. The van der Waals surface area contributed by atoms with Crippen LogP contribution in [0.25, 0.3) is 0 Å². The van der Waals surface area contributed by atoms with Crippen molar-refractivity contribution in [1.29, 1.82) is 0 Å². The summed E-state index contributed by atoms with van der Waals surface area (Å²) in [6, 6.07) is 9.67. The SMILES string of the molecule is CCCCN(CC(C)C(=O)OC)C(=NCc1ccccc1)NS(=O)(=O)c1c(C)c(C)c2c(c1C)CC(C)(C)O2. The minimum Gasteiger partial charge on any atom is -0.487 e. The van der Waals surface area contributed by atoms with E-state index in [0.717, 1.165) is 35.3 Å². The van der Waals surface area contributed by atoms with Gasteiger partial charge in [0.15, 0.2) is 0 Å². The maximum Gasteiger partial charge on any atom is 0.310 e. The minimum atomic E-state index is -4.03. The van der Waals surface area contributed by atoms with Gasteiger partial charge >= 0.3 is 5.97 Å². The third-order valence-electron chi connectivity index (χ3n) is 7.22. The molecule has 0 saturated heterocycles. The van der Waals surface area contributed by atoms with Crippen LogP contribution in [-0.4, -0.2) is 51.0 Å².